The third-order valence-corrected chi connectivity index (χ3v) is 7.99. The summed E-state index contributed by atoms with van der Waals surface area (Å²) in [5, 5.41) is 18.5. The van der Waals surface area contributed by atoms with E-state index in [0.717, 1.165) is 32.2 Å². The molecule has 0 saturated heterocycles. The summed E-state index contributed by atoms with van der Waals surface area (Å²) in [6.07, 6.45) is 22.2. The van der Waals surface area contributed by atoms with E-state index in [1.165, 1.54) is 77.0 Å². The number of aliphatic carboxylic acids is 1. The fraction of sp³-hybridized carbons (Fsp3) is 0.909. The van der Waals surface area contributed by atoms with E-state index in [1.54, 1.807) is 0 Å². The van der Waals surface area contributed by atoms with Gasteiger partial charge >= 0.3 is 5.97 Å². The summed E-state index contributed by atoms with van der Waals surface area (Å²) in [4.78, 5) is 37.9. The average molecular weight is 598 g/mol. The molecule has 0 fully saturated rings. The minimum atomic E-state index is -1.08. The summed E-state index contributed by atoms with van der Waals surface area (Å²) < 4.78 is 0. The predicted octanol–water partition coefficient (Wildman–Crippen LogP) is 5.39. The summed E-state index contributed by atoms with van der Waals surface area (Å²) in [7, 11) is 0. The molecule has 248 valence electrons. The van der Waals surface area contributed by atoms with E-state index in [4.69, 9.17) is 11.5 Å². The Balaban J connectivity index is 4.52. The summed E-state index contributed by atoms with van der Waals surface area (Å²) in [6, 6.07) is -2.22. The van der Waals surface area contributed by atoms with Crippen LogP contribution < -0.4 is 27.4 Å². The second-order valence-electron chi connectivity index (χ2n) is 12.3. The number of nitrogens with one attached hydrogen (secondary N) is 3. The highest BCUT2D eigenvalue weighted by molar-refractivity contribution is 5.92. The van der Waals surface area contributed by atoms with E-state index < -0.39 is 30.0 Å². The largest absolute Gasteiger partial charge is 0.480 e. The third kappa shape index (κ3) is 21.9. The molecule has 9 heteroatoms. The zero-order valence-corrected chi connectivity index (χ0v) is 27.4. The number of amides is 2. The molecule has 0 aliphatic heterocycles. The Hall–Kier alpha value is -1.71. The first kappa shape index (κ1) is 40.3. The first-order valence-corrected chi connectivity index (χ1v) is 17.2. The SMILES string of the molecule is CCCCCCCCCCCCCCCCN[C@@H](CCCCN)C(=O)N[C@H](C(=O)N[C@@H](CCCCN)C(=O)O)C(C)C. The molecule has 0 aromatic rings. The monoisotopic (exact) mass is 598 g/mol. The normalized spacial score (nSPS) is 13.6. The fourth-order valence-corrected chi connectivity index (χ4v) is 5.21. The number of carboxylic acids is 1. The molecule has 0 heterocycles. The number of unbranched alkanes of at least 4 members (excludes halogenated alkanes) is 15. The standard InChI is InChI=1S/C33H67N5O4/c1-4-5-6-7-8-9-10-11-12-13-14-15-16-21-26-36-28(22-17-19-24-34)31(39)38-30(27(2)3)32(40)37-29(33(41)42)23-18-20-25-35/h27-30,36H,4-26,34-35H2,1-3H3,(H,37,40)(H,38,39)(H,41,42)/t28-,29-,30-/m0/s1. The van der Waals surface area contributed by atoms with Crippen molar-refractivity contribution in [1.29, 1.82) is 0 Å². The van der Waals surface area contributed by atoms with E-state index in [9.17, 15) is 19.5 Å². The van der Waals surface area contributed by atoms with E-state index in [-0.39, 0.29) is 11.8 Å². The Kier molecular flexibility index (Phi) is 26.9. The van der Waals surface area contributed by atoms with E-state index in [2.05, 4.69) is 22.9 Å². The number of hydrogen-bond donors (Lipinski definition) is 6. The Bertz CT molecular complexity index is 677. The van der Waals surface area contributed by atoms with Crippen LogP contribution in [-0.4, -0.2) is 60.6 Å². The first-order valence-electron chi connectivity index (χ1n) is 17.2. The van der Waals surface area contributed by atoms with Gasteiger partial charge in [0.2, 0.25) is 11.8 Å². The summed E-state index contributed by atoms with van der Waals surface area (Å²) in [5.74, 6) is -1.96. The van der Waals surface area contributed by atoms with Gasteiger partial charge in [0, 0.05) is 0 Å². The molecule has 2 amide bonds. The number of nitrogens with two attached hydrogens (primary N) is 2. The molecule has 0 bridgehead atoms. The second kappa shape index (κ2) is 28.1. The summed E-state index contributed by atoms with van der Waals surface area (Å²) in [5.41, 5.74) is 11.2. The van der Waals surface area contributed by atoms with Crippen LogP contribution in [0.2, 0.25) is 0 Å². The molecule has 0 radical (unpaired) electrons. The van der Waals surface area contributed by atoms with Gasteiger partial charge in [-0.05, 0) is 64.1 Å². The van der Waals surface area contributed by atoms with Crippen LogP contribution in [0.5, 0.6) is 0 Å². The fourth-order valence-electron chi connectivity index (χ4n) is 5.21. The van der Waals surface area contributed by atoms with Gasteiger partial charge in [-0.15, -0.1) is 0 Å². The van der Waals surface area contributed by atoms with Crippen LogP contribution in [0.4, 0.5) is 0 Å². The number of hydrogen-bond acceptors (Lipinski definition) is 6. The topological polar surface area (TPSA) is 160 Å². The number of carboxylic acid groups (broad SMARTS) is 1. The Morgan fingerprint density at radius 3 is 1.48 bits per heavy atom. The first-order chi connectivity index (χ1) is 20.3. The molecule has 42 heavy (non-hydrogen) atoms. The number of rotatable bonds is 30. The van der Waals surface area contributed by atoms with E-state index in [0.29, 0.717) is 38.8 Å². The van der Waals surface area contributed by atoms with Crippen LogP contribution in [0.1, 0.15) is 149 Å². The van der Waals surface area contributed by atoms with Gasteiger partial charge in [-0.3, -0.25) is 9.59 Å². The molecular weight excluding hydrogens is 530 g/mol. The van der Waals surface area contributed by atoms with Crippen LogP contribution in [0.15, 0.2) is 0 Å². The zero-order chi connectivity index (χ0) is 31.4. The lowest BCUT2D eigenvalue weighted by molar-refractivity contribution is -0.142. The maximum Gasteiger partial charge on any atom is 0.326 e. The van der Waals surface area contributed by atoms with Crippen molar-refractivity contribution in [1.82, 2.24) is 16.0 Å². The number of carbonyl (C=O) groups excluding carboxylic acids is 2. The molecule has 0 aromatic carbocycles. The molecule has 9 nitrogen and oxygen atoms in total. The lowest BCUT2D eigenvalue weighted by Crippen LogP contribution is -2.57. The zero-order valence-electron chi connectivity index (χ0n) is 27.4. The predicted molar refractivity (Wildman–Crippen MR) is 174 cm³/mol. The number of carbonyl (C=O) groups is 3. The van der Waals surface area contributed by atoms with Gasteiger partial charge < -0.3 is 32.5 Å². The van der Waals surface area contributed by atoms with Crippen LogP contribution in [0.25, 0.3) is 0 Å². The van der Waals surface area contributed by atoms with Crippen molar-refractivity contribution in [2.24, 2.45) is 17.4 Å². The van der Waals surface area contributed by atoms with Gasteiger partial charge in [0.1, 0.15) is 12.1 Å². The van der Waals surface area contributed by atoms with Crippen molar-refractivity contribution in [3.63, 3.8) is 0 Å². The lowest BCUT2D eigenvalue weighted by Gasteiger charge is -2.27. The van der Waals surface area contributed by atoms with Crippen LogP contribution in [-0.2, 0) is 14.4 Å². The molecule has 0 spiro atoms. The van der Waals surface area contributed by atoms with Crippen molar-refractivity contribution in [3.05, 3.63) is 0 Å². The minimum absolute atomic E-state index is 0.192. The Labute approximate surface area is 257 Å². The van der Waals surface area contributed by atoms with Crippen molar-refractivity contribution in [2.45, 2.75) is 167 Å². The minimum Gasteiger partial charge on any atom is -0.480 e. The maximum absolute atomic E-state index is 13.3. The molecule has 0 aromatic heterocycles. The Morgan fingerprint density at radius 1 is 0.595 bits per heavy atom. The summed E-state index contributed by atoms with van der Waals surface area (Å²) >= 11 is 0. The maximum atomic E-state index is 13.3. The van der Waals surface area contributed by atoms with E-state index >= 15 is 0 Å². The van der Waals surface area contributed by atoms with Gasteiger partial charge in [0.05, 0.1) is 6.04 Å². The lowest BCUT2D eigenvalue weighted by atomic mass is 10.0. The van der Waals surface area contributed by atoms with Gasteiger partial charge in [0.15, 0.2) is 0 Å². The molecule has 0 aliphatic carbocycles. The average Bonchev–Trinajstić information content (AvgIpc) is 2.96. The van der Waals surface area contributed by atoms with Gasteiger partial charge in [-0.2, -0.15) is 0 Å². The summed E-state index contributed by atoms with van der Waals surface area (Å²) in [6.45, 7) is 7.76. The van der Waals surface area contributed by atoms with E-state index in [1.807, 2.05) is 13.8 Å². The van der Waals surface area contributed by atoms with Crippen molar-refractivity contribution >= 4 is 17.8 Å². The van der Waals surface area contributed by atoms with Gasteiger partial charge in [0.25, 0.3) is 0 Å². The molecule has 0 aliphatic rings. The quantitative estimate of drug-likeness (QED) is 0.0605. The molecule has 0 unspecified atom stereocenters. The highest BCUT2D eigenvalue weighted by Crippen LogP contribution is 2.13. The molecule has 3 atom stereocenters. The van der Waals surface area contributed by atoms with Crippen LogP contribution in [0.3, 0.4) is 0 Å². The highest BCUT2D eigenvalue weighted by atomic mass is 16.4. The van der Waals surface area contributed by atoms with Gasteiger partial charge in [-0.25, -0.2) is 4.79 Å². The second-order valence-corrected chi connectivity index (χ2v) is 12.3. The van der Waals surface area contributed by atoms with Crippen molar-refractivity contribution < 1.29 is 19.5 Å². The Morgan fingerprint density at radius 2 is 1.05 bits per heavy atom. The smallest absolute Gasteiger partial charge is 0.326 e. The van der Waals surface area contributed by atoms with Crippen LogP contribution in [0, 0.1) is 5.92 Å². The third-order valence-electron chi connectivity index (χ3n) is 7.99. The van der Waals surface area contributed by atoms with Crippen molar-refractivity contribution in [3.8, 4) is 0 Å². The van der Waals surface area contributed by atoms with Gasteiger partial charge in [-0.1, -0.05) is 111 Å². The molecule has 8 N–H and O–H groups in total. The van der Waals surface area contributed by atoms with Crippen molar-refractivity contribution in [2.75, 3.05) is 19.6 Å². The molecule has 0 rings (SSSR count). The molecular formula is C33H67N5O4. The highest BCUT2D eigenvalue weighted by Gasteiger charge is 2.30. The molecule has 0 saturated carbocycles. The van der Waals surface area contributed by atoms with Crippen LogP contribution >= 0.6 is 0 Å².